The van der Waals surface area contributed by atoms with E-state index in [9.17, 15) is 4.79 Å². The van der Waals surface area contributed by atoms with E-state index in [1.54, 1.807) is 18.2 Å². The maximum atomic E-state index is 10.3. The van der Waals surface area contributed by atoms with E-state index in [1.165, 1.54) is 6.20 Å². The van der Waals surface area contributed by atoms with Crippen LogP contribution < -0.4 is 5.32 Å². The van der Waals surface area contributed by atoms with Gasteiger partial charge >= 0.3 is 0 Å². The van der Waals surface area contributed by atoms with Gasteiger partial charge in [-0.15, -0.1) is 0 Å². The Balaban J connectivity index is 2.82. The van der Waals surface area contributed by atoms with Gasteiger partial charge in [-0.25, -0.2) is 0 Å². The summed E-state index contributed by atoms with van der Waals surface area (Å²) >= 11 is 14.6. The fourth-order valence-corrected chi connectivity index (χ4v) is 1.46. The predicted octanol–water partition coefficient (Wildman–Crippen LogP) is 3.84. The lowest BCUT2D eigenvalue weighted by atomic mass is 10.3. The van der Waals surface area contributed by atoms with E-state index in [4.69, 9.17) is 23.2 Å². The molecule has 14 heavy (non-hydrogen) atoms. The molecule has 0 fully saturated rings. The number of halogens is 3. The van der Waals surface area contributed by atoms with Gasteiger partial charge in [0.1, 0.15) is 0 Å². The van der Waals surface area contributed by atoms with Crippen molar-refractivity contribution in [3.63, 3.8) is 0 Å². The maximum absolute atomic E-state index is 10.3. The summed E-state index contributed by atoms with van der Waals surface area (Å²) in [6, 6.07) is 5.04. The standard InChI is InChI=1S/C9H6BrCl2NO/c10-6(5-14)4-13-9-2-7(11)1-8(12)3-9/h1-5,13H/b6-4+. The Morgan fingerprint density at radius 2 is 1.86 bits per heavy atom. The summed E-state index contributed by atoms with van der Waals surface area (Å²) in [7, 11) is 0. The molecule has 0 radical (unpaired) electrons. The highest BCUT2D eigenvalue weighted by Crippen LogP contribution is 2.22. The summed E-state index contributed by atoms with van der Waals surface area (Å²) < 4.78 is 0.411. The largest absolute Gasteiger partial charge is 0.360 e. The molecule has 0 saturated heterocycles. The molecule has 0 aliphatic rings. The van der Waals surface area contributed by atoms with Gasteiger partial charge in [0.25, 0.3) is 0 Å². The summed E-state index contributed by atoms with van der Waals surface area (Å²) in [5, 5.41) is 3.94. The third-order valence-electron chi connectivity index (χ3n) is 1.35. The van der Waals surface area contributed by atoms with Crippen LogP contribution in [0.2, 0.25) is 10.0 Å². The molecule has 0 amide bonds. The topological polar surface area (TPSA) is 29.1 Å². The van der Waals surface area contributed by atoms with Crippen LogP contribution >= 0.6 is 39.1 Å². The normalized spacial score (nSPS) is 11.2. The Hall–Kier alpha value is -0.510. The van der Waals surface area contributed by atoms with Crippen molar-refractivity contribution in [3.05, 3.63) is 38.9 Å². The van der Waals surface area contributed by atoms with Crippen molar-refractivity contribution in [2.24, 2.45) is 0 Å². The molecule has 0 spiro atoms. The Bertz CT molecular complexity index is 359. The molecule has 0 heterocycles. The molecular formula is C9H6BrCl2NO. The second kappa shape index (κ2) is 5.39. The molecule has 5 heteroatoms. The van der Waals surface area contributed by atoms with Crippen molar-refractivity contribution < 1.29 is 4.79 Å². The molecule has 0 aliphatic heterocycles. The summed E-state index contributed by atoms with van der Waals surface area (Å²) in [6.07, 6.45) is 2.19. The summed E-state index contributed by atoms with van der Waals surface area (Å²) in [5.74, 6) is 0. The molecule has 0 aliphatic carbocycles. The minimum absolute atomic E-state index is 0.411. The number of benzene rings is 1. The van der Waals surface area contributed by atoms with Crippen LogP contribution in [-0.2, 0) is 4.79 Å². The number of carbonyl (C=O) groups excluding carboxylic acids is 1. The average molecular weight is 295 g/mol. The number of hydrogen-bond donors (Lipinski definition) is 1. The maximum Gasteiger partial charge on any atom is 0.158 e. The zero-order chi connectivity index (χ0) is 10.6. The Morgan fingerprint density at radius 3 is 2.36 bits per heavy atom. The highest BCUT2D eigenvalue weighted by atomic mass is 79.9. The number of hydrogen-bond acceptors (Lipinski definition) is 2. The van der Waals surface area contributed by atoms with E-state index in [2.05, 4.69) is 21.2 Å². The highest BCUT2D eigenvalue weighted by molar-refractivity contribution is 9.12. The van der Waals surface area contributed by atoms with Crippen LogP contribution in [0.1, 0.15) is 0 Å². The first-order valence-electron chi connectivity index (χ1n) is 3.65. The van der Waals surface area contributed by atoms with Gasteiger partial charge in [0.15, 0.2) is 6.29 Å². The van der Waals surface area contributed by atoms with Crippen molar-refractivity contribution in [2.75, 3.05) is 5.32 Å². The first-order valence-corrected chi connectivity index (χ1v) is 5.20. The smallest absolute Gasteiger partial charge is 0.158 e. The van der Waals surface area contributed by atoms with E-state index >= 15 is 0 Å². The SMILES string of the molecule is O=C/C(Br)=C\Nc1cc(Cl)cc(Cl)c1. The molecule has 0 aromatic heterocycles. The van der Waals surface area contributed by atoms with E-state index in [0.29, 0.717) is 20.8 Å². The number of carbonyl (C=O) groups is 1. The van der Waals surface area contributed by atoms with Crippen LogP contribution in [-0.4, -0.2) is 6.29 Å². The van der Waals surface area contributed by atoms with E-state index in [-0.39, 0.29) is 0 Å². The van der Waals surface area contributed by atoms with Crippen LogP contribution in [0.15, 0.2) is 28.9 Å². The second-order valence-corrected chi connectivity index (χ2v) is 4.24. The zero-order valence-corrected chi connectivity index (χ0v) is 10.0. The minimum atomic E-state index is 0.411. The van der Waals surface area contributed by atoms with E-state index in [0.717, 1.165) is 5.69 Å². The number of rotatable bonds is 3. The van der Waals surface area contributed by atoms with Crippen molar-refractivity contribution in [1.29, 1.82) is 0 Å². The van der Waals surface area contributed by atoms with Gasteiger partial charge in [0.05, 0.1) is 4.48 Å². The van der Waals surface area contributed by atoms with E-state index < -0.39 is 0 Å². The number of allylic oxidation sites excluding steroid dienone is 1. The fourth-order valence-electron chi connectivity index (χ4n) is 0.823. The van der Waals surface area contributed by atoms with Crippen LogP contribution in [0.4, 0.5) is 5.69 Å². The Morgan fingerprint density at radius 1 is 1.29 bits per heavy atom. The lowest BCUT2D eigenvalue weighted by molar-refractivity contribution is -0.104. The molecule has 2 nitrogen and oxygen atoms in total. The van der Waals surface area contributed by atoms with Crippen molar-refractivity contribution in [1.82, 2.24) is 0 Å². The number of aldehydes is 1. The predicted molar refractivity (Wildman–Crippen MR) is 63.2 cm³/mol. The highest BCUT2D eigenvalue weighted by Gasteiger charge is 1.96. The molecule has 74 valence electrons. The van der Waals surface area contributed by atoms with Gasteiger partial charge in [-0.1, -0.05) is 23.2 Å². The Labute approximate surface area is 100 Å². The lowest BCUT2D eigenvalue weighted by Gasteiger charge is -2.02. The van der Waals surface area contributed by atoms with Gasteiger partial charge in [0.2, 0.25) is 0 Å². The van der Waals surface area contributed by atoms with Crippen molar-refractivity contribution in [3.8, 4) is 0 Å². The third kappa shape index (κ3) is 3.70. The molecule has 0 unspecified atom stereocenters. The van der Waals surface area contributed by atoms with Crippen LogP contribution in [0, 0.1) is 0 Å². The first-order chi connectivity index (χ1) is 6.61. The Kier molecular flexibility index (Phi) is 4.45. The van der Waals surface area contributed by atoms with Gasteiger partial charge in [-0.2, -0.15) is 0 Å². The fraction of sp³-hybridized carbons (Fsp3) is 0. The quantitative estimate of drug-likeness (QED) is 0.678. The minimum Gasteiger partial charge on any atom is -0.360 e. The number of nitrogens with one attached hydrogen (secondary N) is 1. The number of anilines is 1. The lowest BCUT2D eigenvalue weighted by Crippen LogP contribution is -1.89. The molecular weight excluding hydrogens is 289 g/mol. The monoisotopic (exact) mass is 293 g/mol. The molecule has 0 atom stereocenters. The van der Waals surface area contributed by atoms with Gasteiger partial charge < -0.3 is 5.32 Å². The zero-order valence-electron chi connectivity index (χ0n) is 6.93. The molecule has 1 aromatic carbocycles. The first kappa shape index (κ1) is 11.6. The van der Waals surface area contributed by atoms with Crippen LogP contribution in [0.3, 0.4) is 0 Å². The molecule has 1 rings (SSSR count). The second-order valence-electron chi connectivity index (χ2n) is 2.45. The van der Waals surface area contributed by atoms with Crippen LogP contribution in [0.25, 0.3) is 0 Å². The summed E-state index contributed by atoms with van der Waals surface area (Å²) in [5.41, 5.74) is 0.723. The van der Waals surface area contributed by atoms with Gasteiger partial charge in [0, 0.05) is 21.9 Å². The molecule has 0 saturated carbocycles. The van der Waals surface area contributed by atoms with Crippen molar-refractivity contribution >= 4 is 51.1 Å². The van der Waals surface area contributed by atoms with E-state index in [1.807, 2.05) is 0 Å². The third-order valence-corrected chi connectivity index (χ3v) is 2.20. The molecule has 1 N–H and O–H groups in total. The molecule has 0 bridgehead atoms. The molecule has 1 aromatic rings. The van der Waals surface area contributed by atoms with Crippen LogP contribution in [0.5, 0.6) is 0 Å². The van der Waals surface area contributed by atoms with Gasteiger partial charge in [-0.3, -0.25) is 4.79 Å². The van der Waals surface area contributed by atoms with Gasteiger partial charge in [-0.05, 0) is 34.1 Å². The van der Waals surface area contributed by atoms with Crippen molar-refractivity contribution in [2.45, 2.75) is 0 Å². The summed E-state index contributed by atoms with van der Waals surface area (Å²) in [4.78, 5) is 10.3. The summed E-state index contributed by atoms with van der Waals surface area (Å²) in [6.45, 7) is 0. The average Bonchev–Trinajstić information content (AvgIpc) is 2.12.